The fourth-order valence-electron chi connectivity index (χ4n) is 3.84. The number of benzene rings is 2. The molecule has 0 saturated heterocycles. The van der Waals surface area contributed by atoms with Gasteiger partial charge in [0.25, 0.3) is 5.91 Å². The lowest BCUT2D eigenvalue weighted by Gasteiger charge is -2.30. The van der Waals surface area contributed by atoms with Crippen molar-refractivity contribution in [2.45, 2.75) is 26.8 Å². The second-order valence-corrected chi connectivity index (χ2v) is 7.21. The van der Waals surface area contributed by atoms with E-state index in [0.717, 1.165) is 48.6 Å². The summed E-state index contributed by atoms with van der Waals surface area (Å²) in [6.45, 7) is 10.7. The van der Waals surface area contributed by atoms with Crippen LogP contribution in [0, 0.1) is 0 Å². The molecule has 0 radical (unpaired) electrons. The van der Waals surface area contributed by atoms with Gasteiger partial charge in [-0.15, -0.1) is 0 Å². The third-order valence-electron chi connectivity index (χ3n) is 5.29. The summed E-state index contributed by atoms with van der Waals surface area (Å²) in [6, 6.07) is 13.7. The van der Waals surface area contributed by atoms with Crippen molar-refractivity contribution in [3.63, 3.8) is 0 Å². The molecule has 144 valence electrons. The van der Waals surface area contributed by atoms with Crippen molar-refractivity contribution in [2.75, 3.05) is 38.0 Å². The van der Waals surface area contributed by atoms with Crippen LogP contribution >= 0.6 is 11.6 Å². The highest BCUT2D eigenvalue weighted by molar-refractivity contribution is 6.30. The Bertz CT molecular complexity index is 804. The number of likely N-dealkylation sites (N-methyl/N-ethyl adjacent to an activating group) is 1. The topological polar surface area (TPSA) is 35.6 Å². The molecule has 1 amide bonds. The monoisotopic (exact) mass is 385 g/mol. The molecule has 1 N–H and O–H groups in total. The first-order valence-corrected chi connectivity index (χ1v) is 10.1. The van der Waals surface area contributed by atoms with E-state index in [0.29, 0.717) is 11.6 Å². The van der Waals surface area contributed by atoms with E-state index >= 15 is 0 Å². The lowest BCUT2D eigenvalue weighted by molar-refractivity contribution is 0.0730. The highest BCUT2D eigenvalue weighted by atomic mass is 35.5. The standard InChI is InChI=1S/C22H28ClN3O/c1-4-24-20-12-11-16(23)15-19(20)21-17-9-7-8-10-18(17)22(27)26(21)14-13-25(5-2)6-3/h7-12,15,21,24H,4-6,13-14H2,1-3H3. The molecule has 5 heteroatoms. The van der Waals surface area contributed by atoms with Crippen molar-refractivity contribution in [2.24, 2.45) is 0 Å². The Hall–Kier alpha value is -2.04. The van der Waals surface area contributed by atoms with E-state index in [4.69, 9.17) is 11.6 Å². The van der Waals surface area contributed by atoms with Crippen molar-refractivity contribution >= 4 is 23.2 Å². The maximum Gasteiger partial charge on any atom is 0.255 e. The zero-order valence-electron chi connectivity index (χ0n) is 16.3. The highest BCUT2D eigenvalue weighted by Gasteiger charge is 2.38. The van der Waals surface area contributed by atoms with E-state index in [2.05, 4.69) is 37.1 Å². The maximum absolute atomic E-state index is 13.2. The van der Waals surface area contributed by atoms with Gasteiger partial charge in [0, 0.05) is 41.5 Å². The second kappa shape index (κ2) is 8.77. The predicted molar refractivity (Wildman–Crippen MR) is 113 cm³/mol. The summed E-state index contributed by atoms with van der Waals surface area (Å²) in [5.74, 6) is 0.102. The Kier molecular flexibility index (Phi) is 6.40. The molecule has 1 heterocycles. The number of rotatable bonds is 8. The van der Waals surface area contributed by atoms with Crippen molar-refractivity contribution in [3.8, 4) is 0 Å². The van der Waals surface area contributed by atoms with Gasteiger partial charge in [0.2, 0.25) is 0 Å². The molecule has 2 aromatic rings. The second-order valence-electron chi connectivity index (χ2n) is 6.78. The number of anilines is 1. The summed E-state index contributed by atoms with van der Waals surface area (Å²) in [7, 11) is 0. The minimum Gasteiger partial charge on any atom is -0.385 e. The molecule has 1 aliphatic rings. The Balaban J connectivity index is 2.03. The Morgan fingerprint density at radius 1 is 1.07 bits per heavy atom. The van der Waals surface area contributed by atoms with Gasteiger partial charge in [0.1, 0.15) is 0 Å². The molecule has 0 fully saturated rings. The zero-order valence-corrected chi connectivity index (χ0v) is 17.1. The van der Waals surface area contributed by atoms with Gasteiger partial charge in [-0.2, -0.15) is 0 Å². The van der Waals surface area contributed by atoms with E-state index in [1.54, 1.807) is 0 Å². The summed E-state index contributed by atoms with van der Waals surface area (Å²) >= 11 is 6.34. The zero-order chi connectivity index (χ0) is 19.4. The number of carbonyl (C=O) groups excluding carboxylic acids is 1. The highest BCUT2D eigenvalue weighted by Crippen LogP contribution is 2.41. The molecule has 2 aromatic carbocycles. The maximum atomic E-state index is 13.2. The average molecular weight is 386 g/mol. The van der Waals surface area contributed by atoms with E-state index < -0.39 is 0 Å². The van der Waals surface area contributed by atoms with Crippen LogP contribution in [-0.4, -0.2) is 48.4 Å². The van der Waals surface area contributed by atoms with Gasteiger partial charge in [-0.05, 0) is 49.8 Å². The van der Waals surface area contributed by atoms with Crippen LogP contribution in [0.5, 0.6) is 0 Å². The van der Waals surface area contributed by atoms with Crippen LogP contribution in [0.25, 0.3) is 0 Å². The first kappa shape index (κ1) is 19.7. The molecule has 0 aliphatic carbocycles. The molecule has 0 bridgehead atoms. The smallest absolute Gasteiger partial charge is 0.255 e. The summed E-state index contributed by atoms with van der Waals surface area (Å²) in [5.41, 5.74) is 3.94. The van der Waals surface area contributed by atoms with Crippen LogP contribution in [0.3, 0.4) is 0 Å². The molecule has 27 heavy (non-hydrogen) atoms. The van der Waals surface area contributed by atoms with Crippen molar-refractivity contribution in [1.82, 2.24) is 9.80 Å². The number of nitrogens with one attached hydrogen (secondary N) is 1. The molecule has 3 rings (SSSR count). The number of amides is 1. The quantitative estimate of drug-likeness (QED) is 0.717. The molecular formula is C22H28ClN3O. The van der Waals surface area contributed by atoms with Crippen LogP contribution in [-0.2, 0) is 0 Å². The number of hydrogen-bond acceptors (Lipinski definition) is 3. The van der Waals surface area contributed by atoms with E-state index in [1.807, 2.05) is 41.3 Å². The molecule has 1 unspecified atom stereocenters. The lowest BCUT2D eigenvalue weighted by Crippen LogP contribution is -2.37. The third kappa shape index (κ3) is 3.97. The number of carbonyl (C=O) groups is 1. The number of nitrogens with zero attached hydrogens (tertiary/aromatic N) is 2. The van der Waals surface area contributed by atoms with Crippen molar-refractivity contribution in [1.29, 1.82) is 0 Å². The van der Waals surface area contributed by atoms with E-state index in [1.165, 1.54) is 0 Å². The first-order chi connectivity index (χ1) is 13.1. The molecule has 1 atom stereocenters. The fourth-order valence-corrected chi connectivity index (χ4v) is 4.02. The van der Waals surface area contributed by atoms with Gasteiger partial charge in [-0.3, -0.25) is 4.79 Å². The number of fused-ring (bicyclic) bond motifs is 1. The molecule has 0 spiro atoms. The van der Waals surface area contributed by atoms with Gasteiger partial charge >= 0.3 is 0 Å². The van der Waals surface area contributed by atoms with Crippen molar-refractivity contribution in [3.05, 3.63) is 64.2 Å². The summed E-state index contributed by atoms with van der Waals surface area (Å²) < 4.78 is 0. The average Bonchev–Trinajstić information content (AvgIpc) is 2.96. The molecule has 0 saturated carbocycles. The third-order valence-corrected chi connectivity index (χ3v) is 5.52. The van der Waals surface area contributed by atoms with Gasteiger partial charge in [0.05, 0.1) is 6.04 Å². The summed E-state index contributed by atoms with van der Waals surface area (Å²) in [5, 5.41) is 4.11. The Morgan fingerprint density at radius 2 is 1.81 bits per heavy atom. The van der Waals surface area contributed by atoms with Gasteiger partial charge in [0.15, 0.2) is 0 Å². The van der Waals surface area contributed by atoms with E-state index in [9.17, 15) is 4.79 Å². The molecule has 0 aromatic heterocycles. The predicted octanol–water partition coefficient (Wildman–Crippen LogP) is 4.66. The molecule has 1 aliphatic heterocycles. The van der Waals surface area contributed by atoms with Gasteiger partial charge in [-0.1, -0.05) is 43.6 Å². The van der Waals surface area contributed by atoms with Crippen LogP contribution in [0.15, 0.2) is 42.5 Å². The number of hydrogen-bond donors (Lipinski definition) is 1. The summed E-state index contributed by atoms with van der Waals surface area (Å²) in [4.78, 5) is 17.5. The van der Waals surface area contributed by atoms with Crippen LogP contribution < -0.4 is 5.32 Å². The molecular weight excluding hydrogens is 358 g/mol. The normalized spacial score (nSPS) is 16.1. The lowest BCUT2D eigenvalue weighted by atomic mass is 9.96. The fraction of sp³-hybridized carbons (Fsp3) is 0.409. The van der Waals surface area contributed by atoms with Crippen molar-refractivity contribution < 1.29 is 4.79 Å². The van der Waals surface area contributed by atoms with E-state index in [-0.39, 0.29) is 11.9 Å². The molecule has 4 nitrogen and oxygen atoms in total. The summed E-state index contributed by atoms with van der Waals surface area (Å²) in [6.07, 6.45) is 0. The largest absolute Gasteiger partial charge is 0.385 e. The van der Waals surface area contributed by atoms with Crippen LogP contribution in [0.2, 0.25) is 5.02 Å². The SMILES string of the molecule is CCNc1ccc(Cl)cc1C1c2ccccc2C(=O)N1CCN(CC)CC. The van der Waals surface area contributed by atoms with Crippen LogP contribution in [0.1, 0.15) is 48.3 Å². The van der Waals surface area contributed by atoms with Gasteiger partial charge in [-0.25, -0.2) is 0 Å². The Labute approximate surface area is 167 Å². The first-order valence-electron chi connectivity index (χ1n) is 9.76. The number of halogens is 1. The Morgan fingerprint density at radius 3 is 2.52 bits per heavy atom. The van der Waals surface area contributed by atoms with Crippen LogP contribution in [0.4, 0.5) is 5.69 Å². The van der Waals surface area contributed by atoms with Gasteiger partial charge < -0.3 is 15.1 Å². The minimum atomic E-state index is -0.114. The minimum absolute atomic E-state index is 0.102.